The number of nitrogens with zero attached hydrogens (tertiary/aromatic N) is 3. The molecule has 0 saturated heterocycles. The molecule has 7 heteroatoms. The first-order valence-corrected chi connectivity index (χ1v) is 4.53. The van der Waals surface area contributed by atoms with Crippen LogP contribution in [-0.2, 0) is 0 Å². The Morgan fingerprint density at radius 3 is 2.94 bits per heavy atom. The molecule has 0 radical (unpaired) electrons. The van der Waals surface area contributed by atoms with Crippen molar-refractivity contribution < 1.29 is 9.05 Å². The molecule has 1 N–H and O–H groups in total. The van der Waals surface area contributed by atoms with Crippen LogP contribution in [0.1, 0.15) is 5.76 Å². The fourth-order valence-electron chi connectivity index (χ4n) is 1.38. The molecule has 0 atom stereocenters. The van der Waals surface area contributed by atoms with E-state index in [1.54, 1.807) is 19.1 Å². The van der Waals surface area contributed by atoms with Gasteiger partial charge in [-0.25, -0.2) is 9.61 Å². The summed E-state index contributed by atoms with van der Waals surface area (Å²) in [5, 5.41) is 6.95. The van der Waals surface area contributed by atoms with Crippen LogP contribution in [0.5, 0.6) is 0 Å². The van der Waals surface area contributed by atoms with Crippen molar-refractivity contribution in [3.63, 3.8) is 0 Å². The number of H-pyrrole nitrogens is 1. The van der Waals surface area contributed by atoms with Gasteiger partial charge >= 0.3 is 0 Å². The third-order valence-electron chi connectivity index (χ3n) is 2.11. The van der Waals surface area contributed by atoms with Crippen LogP contribution in [-0.4, -0.2) is 20.3 Å². The van der Waals surface area contributed by atoms with E-state index in [9.17, 15) is 4.79 Å². The Hall–Kier alpha value is -2.44. The van der Waals surface area contributed by atoms with Gasteiger partial charge in [-0.1, -0.05) is 0 Å². The largest absolute Gasteiger partial charge is 0.458 e. The third kappa shape index (κ3) is 1.22. The summed E-state index contributed by atoms with van der Waals surface area (Å²) in [6.07, 6.45) is 0. The van der Waals surface area contributed by atoms with Gasteiger partial charge in [0.2, 0.25) is 11.2 Å². The summed E-state index contributed by atoms with van der Waals surface area (Å²) in [4.78, 5) is 18.1. The van der Waals surface area contributed by atoms with Gasteiger partial charge in [0, 0.05) is 0 Å². The van der Waals surface area contributed by atoms with E-state index in [-0.39, 0.29) is 11.2 Å². The van der Waals surface area contributed by atoms with Crippen LogP contribution in [0.15, 0.2) is 26.0 Å². The summed E-state index contributed by atoms with van der Waals surface area (Å²) < 4.78 is 9.77. The predicted molar refractivity (Wildman–Crippen MR) is 52.7 cm³/mol. The van der Waals surface area contributed by atoms with Crippen molar-refractivity contribution in [1.29, 1.82) is 0 Å². The number of nitrogens with one attached hydrogen (secondary N) is 1. The topological polar surface area (TPSA) is 97.8 Å². The fraction of sp³-hybridized carbons (Fsp3) is 0.111. The van der Waals surface area contributed by atoms with Gasteiger partial charge in [0.25, 0.3) is 5.56 Å². The second-order valence-corrected chi connectivity index (χ2v) is 3.26. The number of furan rings is 1. The van der Waals surface area contributed by atoms with Crippen molar-refractivity contribution in [2.24, 2.45) is 0 Å². The highest BCUT2D eigenvalue weighted by Gasteiger charge is 2.12. The minimum Gasteiger partial charge on any atom is -0.458 e. The molecule has 0 aliphatic rings. The molecule has 0 saturated carbocycles. The molecule has 0 aliphatic heterocycles. The van der Waals surface area contributed by atoms with Crippen LogP contribution in [0.25, 0.3) is 22.7 Å². The SMILES string of the molecule is Cc1ccc(-c2nc3nonc3c(=O)[nH]2)o1. The lowest BCUT2D eigenvalue weighted by Gasteiger charge is -1.94. The maximum atomic E-state index is 11.5. The summed E-state index contributed by atoms with van der Waals surface area (Å²) in [6, 6.07) is 3.49. The predicted octanol–water partition coefficient (Wildman–Crippen LogP) is 0.875. The lowest BCUT2D eigenvalue weighted by molar-refractivity contribution is 0.314. The Kier molecular flexibility index (Phi) is 1.67. The molecule has 7 nitrogen and oxygen atoms in total. The van der Waals surface area contributed by atoms with E-state index < -0.39 is 5.56 Å². The van der Waals surface area contributed by atoms with Gasteiger partial charge in [0.15, 0.2) is 11.6 Å². The van der Waals surface area contributed by atoms with Crippen molar-refractivity contribution >= 4 is 11.2 Å². The Morgan fingerprint density at radius 1 is 1.31 bits per heavy atom. The molecular weight excluding hydrogens is 212 g/mol. The molecule has 3 heterocycles. The molecule has 0 aliphatic carbocycles. The number of rotatable bonds is 1. The van der Waals surface area contributed by atoms with Gasteiger partial charge in [-0.3, -0.25) is 4.79 Å². The van der Waals surface area contributed by atoms with Crippen LogP contribution in [0.2, 0.25) is 0 Å². The smallest absolute Gasteiger partial charge is 0.283 e. The molecule has 0 fully saturated rings. The summed E-state index contributed by atoms with van der Waals surface area (Å²) in [6.45, 7) is 1.80. The fourth-order valence-corrected chi connectivity index (χ4v) is 1.38. The van der Waals surface area contributed by atoms with E-state index in [4.69, 9.17) is 4.42 Å². The van der Waals surface area contributed by atoms with Crippen LogP contribution in [0.3, 0.4) is 0 Å². The summed E-state index contributed by atoms with van der Waals surface area (Å²) in [5.41, 5.74) is -0.171. The molecule has 0 bridgehead atoms. The molecule has 3 aromatic rings. The Morgan fingerprint density at radius 2 is 2.19 bits per heavy atom. The number of aromatic nitrogens is 4. The molecule has 3 aromatic heterocycles. The zero-order valence-corrected chi connectivity index (χ0v) is 8.22. The monoisotopic (exact) mass is 218 g/mol. The highest BCUT2D eigenvalue weighted by molar-refractivity contribution is 5.69. The second kappa shape index (κ2) is 3.02. The zero-order chi connectivity index (χ0) is 11.1. The van der Waals surface area contributed by atoms with Crippen molar-refractivity contribution in [3.8, 4) is 11.6 Å². The Labute approximate surface area is 88.1 Å². The zero-order valence-electron chi connectivity index (χ0n) is 8.22. The summed E-state index contributed by atoms with van der Waals surface area (Å²) in [5.74, 6) is 1.51. The first kappa shape index (κ1) is 8.84. The summed E-state index contributed by atoms with van der Waals surface area (Å²) in [7, 11) is 0. The average molecular weight is 218 g/mol. The van der Waals surface area contributed by atoms with Crippen molar-refractivity contribution in [1.82, 2.24) is 20.3 Å². The number of aryl methyl sites for hydroxylation is 1. The van der Waals surface area contributed by atoms with E-state index in [0.29, 0.717) is 11.6 Å². The highest BCUT2D eigenvalue weighted by atomic mass is 16.6. The van der Waals surface area contributed by atoms with Gasteiger partial charge in [0.1, 0.15) is 5.76 Å². The van der Waals surface area contributed by atoms with Gasteiger partial charge in [-0.05, 0) is 29.4 Å². The van der Waals surface area contributed by atoms with E-state index >= 15 is 0 Å². The van der Waals surface area contributed by atoms with Crippen LogP contribution >= 0.6 is 0 Å². The molecular formula is C9H6N4O3. The highest BCUT2D eigenvalue weighted by Crippen LogP contribution is 2.17. The molecule has 0 aromatic carbocycles. The van der Waals surface area contributed by atoms with Crippen LogP contribution in [0.4, 0.5) is 0 Å². The van der Waals surface area contributed by atoms with E-state index in [1.165, 1.54) is 0 Å². The first-order valence-electron chi connectivity index (χ1n) is 4.53. The maximum Gasteiger partial charge on any atom is 0.283 e. The van der Waals surface area contributed by atoms with E-state index in [0.717, 1.165) is 5.76 Å². The lowest BCUT2D eigenvalue weighted by Crippen LogP contribution is -2.09. The first-order chi connectivity index (χ1) is 7.74. The van der Waals surface area contributed by atoms with Gasteiger partial charge in [0.05, 0.1) is 0 Å². The van der Waals surface area contributed by atoms with Crippen molar-refractivity contribution in [3.05, 3.63) is 28.2 Å². The molecule has 3 rings (SSSR count). The van der Waals surface area contributed by atoms with Crippen LogP contribution < -0.4 is 5.56 Å². The minimum absolute atomic E-state index is 0.0760. The number of hydrogen-bond donors (Lipinski definition) is 1. The quantitative estimate of drug-likeness (QED) is 0.650. The van der Waals surface area contributed by atoms with Gasteiger partial charge in [-0.15, -0.1) is 0 Å². The summed E-state index contributed by atoms with van der Waals surface area (Å²) >= 11 is 0. The number of aromatic amines is 1. The lowest BCUT2D eigenvalue weighted by atomic mass is 10.4. The molecule has 0 unspecified atom stereocenters. The molecule has 0 amide bonds. The third-order valence-corrected chi connectivity index (χ3v) is 2.11. The second-order valence-electron chi connectivity index (χ2n) is 3.26. The number of fused-ring (bicyclic) bond motifs is 1. The number of hydrogen-bond acceptors (Lipinski definition) is 6. The maximum absolute atomic E-state index is 11.5. The average Bonchev–Trinajstić information content (AvgIpc) is 2.85. The standard InChI is InChI=1S/C9H6N4O3/c1-4-2-3-5(15-4)7-10-8-6(9(14)11-7)12-16-13-8/h2-3H,1H3,(H,10,11,13,14). The molecule has 80 valence electrons. The molecule has 0 spiro atoms. The minimum atomic E-state index is -0.407. The van der Waals surface area contributed by atoms with Crippen molar-refractivity contribution in [2.75, 3.05) is 0 Å². The normalized spacial score (nSPS) is 11.1. The Bertz CT molecular complexity index is 709. The van der Waals surface area contributed by atoms with Gasteiger partial charge in [-0.2, -0.15) is 0 Å². The van der Waals surface area contributed by atoms with Crippen LogP contribution in [0, 0.1) is 6.92 Å². The van der Waals surface area contributed by atoms with E-state index in [2.05, 4.69) is 24.9 Å². The van der Waals surface area contributed by atoms with Crippen molar-refractivity contribution in [2.45, 2.75) is 6.92 Å². The molecule has 16 heavy (non-hydrogen) atoms. The Balaban J connectivity index is 2.28. The van der Waals surface area contributed by atoms with Gasteiger partial charge < -0.3 is 9.40 Å². The van der Waals surface area contributed by atoms with E-state index in [1.807, 2.05) is 0 Å².